The Morgan fingerprint density at radius 2 is 1.10 bits per heavy atom. The molecule has 4 rings (SSSR count). The summed E-state index contributed by atoms with van der Waals surface area (Å²) in [6.45, 7) is 8.98. The molecule has 0 spiro atoms. The molecule has 4 aliphatic rings. The van der Waals surface area contributed by atoms with Gasteiger partial charge in [0, 0.05) is 129 Å². The minimum Gasteiger partial charge on any atom is -0.447 e. The third-order valence-corrected chi connectivity index (χ3v) is 24.1. The molecule has 34 nitrogen and oxygen atoms in total. The van der Waals surface area contributed by atoms with Crippen LogP contribution >= 0.6 is 22.9 Å². The molecule has 0 aromatic carbocycles. The fraction of sp³-hybridized carbons (Fsp3) is 0.847. The number of rotatable bonds is 44. The second-order valence-corrected chi connectivity index (χ2v) is 33.0. The lowest BCUT2D eigenvalue weighted by Crippen LogP contribution is -2.51. The minimum absolute atomic E-state index is 0.00700. The Labute approximate surface area is 566 Å². The van der Waals surface area contributed by atoms with E-state index >= 15 is 4.57 Å². The molecule has 0 aromatic rings. The first kappa shape index (κ1) is 83.8. The Balaban J connectivity index is 1.21. The van der Waals surface area contributed by atoms with Crippen molar-refractivity contribution in [1.82, 2.24) is 49.1 Å². The summed E-state index contributed by atoms with van der Waals surface area (Å²) in [5, 5.41) is 17.6. The monoisotopic (exact) mass is 1430 g/mol. The van der Waals surface area contributed by atoms with E-state index < -0.39 is 77.2 Å². The number of hydrogen-bond acceptors (Lipinski definition) is 21. The van der Waals surface area contributed by atoms with Crippen LogP contribution in [-0.2, 0) is 75.0 Å². The van der Waals surface area contributed by atoms with Crippen LogP contribution in [0.15, 0.2) is 9.98 Å². The largest absolute Gasteiger partial charge is 0.447 e. The van der Waals surface area contributed by atoms with E-state index in [4.69, 9.17) is 60.6 Å². The Morgan fingerprint density at radius 1 is 0.594 bits per heavy atom. The number of aliphatic imine (C=N–C) groups is 2. The number of amides is 4. The van der Waals surface area contributed by atoms with Crippen LogP contribution in [0.3, 0.4) is 0 Å². The maximum absolute atomic E-state index is 15.0. The molecule has 0 radical (unpaired) electrons. The fourth-order valence-electron chi connectivity index (χ4n) is 11.7. The van der Waals surface area contributed by atoms with E-state index in [0.717, 1.165) is 0 Å². The number of Topliss-reactive ketones (excluding diaryl/α,β-unsaturated/α-hetero) is 3. The smallest absolute Gasteiger partial charge is 0.409 e. The van der Waals surface area contributed by atoms with Crippen LogP contribution in [0.1, 0.15) is 111 Å². The van der Waals surface area contributed by atoms with Crippen molar-refractivity contribution in [3.63, 3.8) is 0 Å². The van der Waals surface area contributed by atoms with Crippen LogP contribution in [0.4, 0.5) is 4.79 Å². The van der Waals surface area contributed by atoms with Gasteiger partial charge in [0.1, 0.15) is 18.2 Å². The highest BCUT2D eigenvalue weighted by Gasteiger charge is 2.46. The standard InChI is InChI=1S/C59H113N16O18P3/c1-43(77)30-47(16-14-22-66-57(60)61)56(82)68-32-50(79)31-48(17-15-23-67-58(62)63)55(81)65-21-12-10-11-18-49(78)19-13-20-54(80)72-33-44(2)91-51(36-72)39-88-94(84,42-64-5)74-34-45(3)92-52(37-74)40-90-96(86,70(8)9)75-35-46(4)93-53(38-75)41-89-95(85,69(6)7)73-26-24-71(25-27-73)59(83)87-29-28-76/h44-48,51-53,64,76H,10-42H2,1-9H3,(H,65,81)(H,68,82)(H4,60,61,66)(H4,62,63,67). The van der Waals surface area contributed by atoms with Crippen LogP contribution in [0.5, 0.6) is 0 Å². The summed E-state index contributed by atoms with van der Waals surface area (Å²) in [6.07, 6.45) is 0.508. The van der Waals surface area contributed by atoms with Gasteiger partial charge in [0.15, 0.2) is 17.7 Å². The molecule has 4 aliphatic heterocycles. The highest BCUT2D eigenvalue weighted by Crippen LogP contribution is 2.56. The number of nitrogens with one attached hydrogen (secondary N) is 3. The van der Waals surface area contributed by atoms with Crippen LogP contribution in [0.2, 0.25) is 0 Å². The van der Waals surface area contributed by atoms with Crippen molar-refractivity contribution in [2.75, 3.05) is 166 Å². The number of piperazine rings is 1. The number of nitrogens with two attached hydrogens (primary N) is 4. The first-order valence-corrected chi connectivity index (χ1v) is 38.2. The number of ether oxygens (including phenoxy) is 4. The van der Waals surface area contributed by atoms with Crippen LogP contribution < -0.4 is 38.9 Å². The first-order valence-electron chi connectivity index (χ1n) is 33.4. The summed E-state index contributed by atoms with van der Waals surface area (Å²) >= 11 is 0. The van der Waals surface area contributed by atoms with Crippen LogP contribution in [0, 0.1) is 11.8 Å². The van der Waals surface area contributed by atoms with Gasteiger partial charge in [-0.25, -0.2) is 28.1 Å². The SMILES string of the molecule is CNCP(=O)(OCC1CN(C(=O)CCCC(=O)CCCCCNC(=O)C(CCCN=C(N)N)CC(=O)CNC(=O)C(CCCN=C(N)N)CC(C)=O)CC(C)O1)N1CC(C)OC(COP(=O)(N(C)C)N2CC(C)OC(COP(=O)(N(C)C)N3CCN(C(=O)OCCO)CC3)C2)C1. The van der Waals surface area contributed by atoms with Crippen molar-refractivity contribution in [1.29, 1.82) is 0 Å². The van der Waals surface area contributed by atoms with Gasteiger partial charge in [-0.15, -0.1) is 0 Å². The lowest BCUT2D eigenvalue weighted by molar-refractivity contribution is -0.146. The van der Waals surface area contributed by atoms with Crippen molar-refractivity contribution >= 4 is 75.9 Å². The van der Waals surface area contributed by atoms with E-state index in [-0.39, 0.29) is 191 Å². The van der Waals surface area contributed by atoms with E-state index in [0.29, 0.717) is 70.9 Å². The van der Waals surface area contributed by atoms with Crippen LogP contribution in [0.25, 0.3) is 0 Å². The van der Waals surface area contributed by atoms with Crippen molar-refractivity contribution in [2.24, 2.45) is 44.8 Å². The van der Waals surface area contributed by atoms with Gasteiger partial charge in [-0.05, 0) is 108 Å². The van der Waals surface area contributed by atoms with Crippen LogP contribution in [-0.4, -0.2) is 294 Å². The number of carbonyl (C=O) groups excluding carboxylic acids is 7. The number of guanidine groups is 2. The lowest BCUT2D eigenvalue weighted by atomic mass is 9.94. The Bertz CT molecular complexity index is 2690. The maximum atomic E-state index is 15.0. The number of aliphatic hydroxyl groups is 1. The predicted molar refractivity (Wildman–Crippen MR) is 361 cm³/mol. The molecule has 12 N–H and O–H groups in total. The zero-order valence-corrected chi connectivity index (χ0v) is 60.7. The molecular formula is C59H113N16O18P3. The Kier molecular flexibility index (Phi) is 37.1. The lowest BCUT2D eigenvalue weighted by Gasteiger charge is -2.44. The van der Waals surface area contributed by atoms with Crippen molar-refractivity contribution in [3.8, 4) is 0 Å². The Hall–Kier alpha value is -4.60. The number of unbranched alkanes of at least 4 members (excludes halogenated alkanes) is 2. The van der Waals surface area contributed by atoms with E-state index in [1.54, 1.807) is 54.1 Å². The summed E-state index contributed by atoms with van der Waals surface area (Å²) < 4.78 is 95.3. The topological polar surface area (TPSA) is 443 Å². The van der Waals surface area contributed by atoms with Gasteiger partial charge < -0.3 is 91.1 Å². The molecule has 0 aliphatic carbocycles. The molecule has 11 atom stereocenters. The summed E-state index contributed by atoms with van der Waals surface area (Å²) in [5.74, 6) is -3.02. The van der Waals surface area contributed by atoms with Gasteiger partial charge in [-0.2, -0.15) is 0 Å². The minimum atomic E-state index is -3.77. The highest BCUT2D eigenvalue weighted by molar-refractivity contribution is 7.56. The number of aliphatic hydroxyl groups excluding tert-OH is 1. The third-order valence-electron chi connectivity index (χ3n) is 16.5. The molecule has 4 heterocycles. The quantitative estimate of drug-likeness (QED) is 0.0183. The average Bonchev–Trinajstić information content (AvgIpc) is 0.802. The second kappa shape index (κ2) is 42.5. The van der Waals surface area contributed by atoms with E-state index in [2.05, 4.69) is 25.9 Å². The number of nitrogens with zero attached hydrogens (tertiary/aromatic N) is 9. The van der Waals surface area contributed by atoms with Crippen molar-refractivity contribution in [3.05, 3.63) is 0 Å². The molecule has 0 aromatic heterocycles. The van der Waals surface area contributed by atoms with Gasteiger partial charge in [-0.3, -0.25) is 47.7 Å². The molecular weight excluding hydrogens is 1310 g/mol. The van der Waals surface area contributed by atoms with E-state index in [9.17, 15) is 42.7 Å². The summed E-state index contributed by atoms with van der Waals surface area (Å²) in [7, 11) is -2.72. The predicted octanol–water partition coefficient (Wildman–Crippen LogP) is 1.10. The van der Waals surface area contributed by atoms with Crippen molar-refractivity contribution < 1.29 is 84.9 Å². The van der Waals surface area contributed by atoms with Crippen molar-refractivity contribution in [2.45, 2.75) is 148 Å². The molecule has 37 heteroatoms. The van der Waals surface area contributed by atoms with Gasteiger partial charge in [0.25, 0.3) is 7.52 Å². The molecule has 11 unspecified atom stereocenters. The molecule has 4 fully saturated rings. The normalized spacial score (nSPS) is 23.2. The molecule has 4 saturated heterocycles. The maximum Gasteiger partial charge on any atom is 0.409 e. The van der Waals surface area contributed by atoms with E-state index in [1.165, 1.54) is 21.2 Å². The number of morpholine rings is 3. The van der Waals surface area contributed by atoms with Gasteiger partial charge in [0.05, 0.1) is 75.9 Å². The second-order valence-electron chi connectivity index (χ2n) is 25.4. The highest BCUT2D eigenvalue weighted by atomic mass is 31.2. The number of hydrogen-bond donors (Lipinski definition) is 8. The molecule has 0 bridgehead atoms. The summed E-state index contributed by atoms with van der Waals surface area (Å²) in [5.41, 5.74) is 21.7. The van der Waals surface area contributed by atoms with E-state index in [1.807, 2.05) is 20.8 Å². The zero-order valence-electron chi connectivity index (χ0n) is 58.0. The summed E-state index contributed by atoms with van der Waals surface area (Å²) in [6, 6.07) is 0. The fourth-order valence-corrected chi connectivity index (χ4v) is 17.9. The first-order chi connectivity index (χ1) is 45.4. The zero-order chi connectivity index (χ0) is 71.2. The summed E-state index contributed by atoms with van der Waals surface area (Å²) in [4.78, 5) is 101. The third kappa shape index (κ3) is 28.9. The van der Waals surface area contributed by atoms with Gasteiger partial charge in [-0.1, -0.05) is 6.42 Å². The molecule has 4 amide bonds. The number of carbonyl (C=O) groups is 7. The Morgan fingerprint density at radius 3 is 1.66 bits per heavy atom. The molecule has 552 valence electrons. The average molecular weight is 1430 g/mol. The molecule has 0 saturated carbocycles. The van der Waals surface area contributed by atoms with Gasteiger partial charge >= 0.3 is 21.4 Å². The number of ketones is 3. The molecule has 96 heavy (non-hydrogen) atoms. The van der Waals surface area contributed by atoms with Gasteiger partial charge in [0.2, 0.25) is 17.7 Å².